The quantitative estimate of drug-likeness (QED) is 0.488. The molecule has 0 radical (unpaired) electrons. The van der Waals surface area contributed by atoms with Gasteiger partial charge in [0.1, 0.15) is 11.1 Å². The number of carbonyl (C=O) groups excluding carboxylic acids is 2. The highest BCUT2D eigenvalue weighted by Gasteiger charge is 2.50. The van der Waals surface area contributed by atoms with Gasteiger partial charge in [-0.05, 0) is 48.2 Å². The molecule has 0 spiro atoms. The summed E-state index contributed by atoms with van der Waals surface area (Å²) in [6.45, 7) is 1.40. The van der Waals surface area contributed by atoms with Crippen LogP contribution in [0.5, 0.6) is 5.75 Å². The van der Waals surface area contributed by atoms with Crippen LogP contribution in [0.2, 0.25) is 0 Å². The molecule has 9 heteroatoms. The third kappa shape index (κ3) is 3.51. The Balaban J connectivity index is 1.33. The van der Waals surface area contributed by atoms with E-state index >= 15 is 0 Å². The highest BCUT2D eigenvalue weighted by molar-refractivity contribution is 5.98. The minimum Gasteiger partial charge on any atom is -0.443 e. The summed E-state index contributed by atoms with van der Waals surface area (Å²) >= 11 is 0. The van der Waals surface area contributed by atoms with E-state index in [-0.39, 0.29) is 23.1 Å². The lowest BCUT2D eigenvalue weighted by atomic mass is 10.0. The van der Waals surface area contributed by atoms with Gasteiger partial charge in [0, 0.05) is 26.2 Å². The SMILES string of the molecule is O=C(c1ccc(-c2ccc3ocnc3c2)cc1OO)N1CCN(C(=O)C2(O)CC2)CC1. The van der Waals surface area contributed by atoms with E-state index in [1.807, 2.05) is 12.1 Å². The van der Waals surface area contributed by atoms with Gasteiger partial charge in [-0.1, -0.05) is 12.1 Å². The lowest BCUT2D eigenvalue weighted by molar-refractivity contribution is -0.144. The Morgan fingerprint density at radius 3 is 2.39 bits per heavy atom. The second-order valence-corrected chi connectivity index (χ2v) is 7.95. The smallest absolute Gasteiger partial charge is 0.257 e. The summed E-state index contributed by atoms with van der Waals surface area (Å²) in [6, 6.07) is 10.5. The van der Waals surface area contributed by atoms with E-state index in [0.717, 1.165) is 11.1 Å². The van der Waals surface area contributed by atoms with Crippen molar-refractivity contribution in [2.45, 2.75) is 18.4 Å². The molecule has 1 aliphatic heterocycles. The summed E-state index contributed by atoms with van der Waals surface area (Å²) in [5.74, 6) is -0.499. The molecule has 2 aromatic carbocycles. The molecule has 1 saturated heterocycles. The minimum absolute atomic E-state index is 0.0496. The molecule has 2 heterocycles. The Morgan fingerprint density at radius 1 is 1.00 bits per heavy atom. The Hall–Kier alpha value is -3.43. The van der Waals surface area contributed by atoms with Crippen LogP contribution in [0.3, 0.4) is 0 Å². The highest BCUT2D eigenvalue weighted by Crippen LogP contribution is 2.37. The summed E-state index contributed by atoms with van der Waals surface area (Å²) in [5, 5.41) is 19.4. The van der Waals surface area contributed by atoms with Gasteiger partial charge >= 0.3 is 0 Å². The maximum Gasteiger partial charge on any atom is 0.257 e. The molecule has 1 aromatic heterocycles. The van der Waals surface area contributed by atoms with Crippen LogP contribution in [0.1, 0.15) is 23.2 Å². The molecule has 9 nitrogen and oxygen atoms in total. The topological polar surface area (TPSA) is 116 Å². The zero-order chi connectivity index (χ0) is 21.6. The molecule has 2 N–H and O–H groups in total. The summed E-state index contributed by atoms with van der Waals surface area (Å²) in [7, 11) is 0. The molecule has 3 aromatic rings. The van der Waals surface area contributed by atoms with Gasteiger partial charge in [0.25, 0.3) is 11.8 Å². The van der Waals surface area contributed by atoms with Crippen molar-refractivity contribution in [2.75, 3.05) is 26.2 Å². The van der Waals surface area contributed by atoms with Crippen molar-refractivity contribution in [1.82, 2.24) is 14.8 Å². The zero-order valence-electron chi connectivity index (χ0n) is 16.7. The van der Waals surface area contributed by atoms with E-state index in [2.05, 4.69) is 9.87 Å². The van der Waals surface area contributed by atoms with Crippen LogP contribution >= 0.6 is 0 Å². The van der Waals surface area contributed by atoms with Crippen molar-refractivity contribution in [3.05, 3.63) is 48.4 Å². The Kier molecular flexibility index (Phi) is 4.64. The first-order chi connectivity index (χ1) is 15.0. The van der Waals surface area contributed by atoms with Crippen molar-refractivity contribution in [1.29, 1.82) is 0 Å². The largest absolute Gasteiger partial charge is 0.443 e. The van der Waals surface area contributed by atoms with Crippen molar-refractivity contribution >= 4 is 22.9 Å². The molecule has 0 bridgehead atoms. The van der Waals surface area contributed by atoms with Crippen molar-refractivity contribution in [3.8, 4) is 16.9 Å². The predicted molar refractivity (Wildman–Crippen MR) is 109 cm³/mol. The van der Waals surface area contributed by atoms with Gasteiger partial charge < -0.3 is 24.2 Å². The molecule has 0 unspecified atom stereocenters. The maximum atomic E-state index is 13.0. The van der Waals surface area contributed by atoms with Gasteiger partial charge in [-0.25, -0.2) is 10.2 Å². The van der Waals surface area contributed by atoms with Crippen LogP contribution in [0.15, 0.2) is 47.2 Å². The van der Waals surface area contributed by atoms with E-state index in [1.54, 1.807) is 34.1 Å². The second-order valence-electron chi connectivity index (χ2n) is 7.95. The number of amides is 2. The number of piperazine rings is 1. The molecule has 0 atom stereocenters. The first-order valence-electron chi connectivity index (χ1n) is 10.1. The number of hydrogen-bond donors (Lipinski definition) is 2. The highest BCUT2D eigenvalue weighted by atomic mass is 17.1. The lowest BCUT2D eigenvalue weighted by Crippen LogP contribution is -2.53. The molecule has 2 fully saturated rings. The van der Waals surface area contributed by atoms with Gasteiger partial charge in [-0.15, -0.1) is 0 Å². The first kappa shape index (κ1) is 19.5. The van der Waals surface area contributed by atoms with Crippen LogP contribution in [0, 0.1) is 0 Å². The number of aliphatic hydroxyl groups is 1. The Labute approximate surface area is 177 Å². The van der Waals surface area contributed by atoms with Crippen LogP contribution in [-0.4, -0.2) is 68.7 Å². The van der Waals surface area contributed by atoms with Gasteiger partial charge in [0.15, 0.2) is 17.7 Å². The van der Waals surface area contributed by atoms with Crippen molar-refractivity contribution < 1.29 is 29.3 Å². The van der Waals surface area contributed by atoms with Gasteiger partial charge in [-0.3, -0.25) is 9.59 Å². The van der Waals surface area contributed by atoms with Crippen LogP contribution in [0.4, 0.5) is 0 Å². The molecule has 1 aliphatic carbocycles. The summed E-state index contributed by atoms with van der Waals surface area (Å²) in [6.07, 6.45) is 2.37. The van der Waals surface area contributed by atoms with Gasteiger partial charge in [-0.2, -0.15) is 0 Å². The maximum absolute atomic E-state index is 13.0. The predicted octanol–water partition coefficient (Wildman–Crippen LogP) is 2.16. The third-order valence-corrected chi connectivity index (χ3v) is 5.95. The fraction of sp³-hybridized carbons (Fsp3) is 0.318. The molecule has 5 rings (SSSR count). The number of benzene rings is 2. The van der Waals surface area contributed by atoms with E-state index < -0.39 is 5.60 Å². The second kappa shape index (κ2) is 7.36. The fourth-order valence-corrected chi connectivity index (χ4v) is 3.90. The molecule has 2 aliphatic rings. The van der Waals surface area contributed by atoms with E-state index in [9.17, 15) is 20.0 Å². The molecule has 31 heavy (non-hydrogen) atoms. The Bertz CT molecular complexity index is 1160. The molecule has 2 amide bonds. The van der Waals surface area contributed by atoms with E-state index in [4.69, 9.17) is 4.42 Å². The number of rotatable bonds is 4. The van der Waals surface area contributed by atoms with Crippen LogP contribution in [0.25, 0.3) is 22.2 Å². The van der Waals surface area contributed by atoms with E-state index in [0.29, 0.717) is 50.1 Å². The van der Waals surface area contributed by atoms with E-state index in [1.165, 1.54) is 6.39 Å². The normalized spacial score (nSPS) is 17.6. The standard InChI is InChI=1S/C22H21N3O6/c26-20(24-7-9-25(10-8-24)21(27)22(28)5-6-22)16-3-1-15(12-19(16)31-29)14-2-4-18-17(11-14)23-13-30-18/h1-4,11-13,28-29H,5-10H2. The van der Waals surface area contributed by atoms with Crippen LogP contribution in [-0.2, 0) is 4.79 Å². The van der Waals surface area contributed by atoms with Crippen molar-refractivity contribution in [3.63, 3.8) is 0 Å². The summed E-state index contributed by atoms with van der Waals surface area (Å²) in [5.41, 5.74) is 1.99. The number of hydrogen-bond acceptors (Lipinski definition) is 7. The summed E-state index contributed by atoms with van der Waals surface area (Å²) in [4.78, 5) is 37.2. The number of fused-ring (bicyclic) bond motifs is 1. The van der Waals surface area contributed by atoms with Gasteiger partial charge in [0.05, 0.1) is 5.56 Å². The molecule has 160 valence electrons. The van der Waals surface area contributed by atoms with Crippen molar-refractivity contribution in [2.24, 2.45) is 0 Å². The van der Waals surface area contributed by atoms with Crippen LogP contribution < -0.4 is 4.89 Å². The lowest BCUT2D eigenvalue weighted by Gasteiger charge is -2.35. The average molecular weight is 423 g/mol. The Morgan fingerprint density at radius 2 is 1.68 bits per heavy atom. The monoisotopic (exact) mass is 423 g/mol. The first-order valence-corrected chi connectivity index (χ1v) is 10.1. The van der Waals surface area contributed by atoms with Gasteiger partial charge in [0.2, 0.25) is 0 Å². The third-order valence-electron chi connectivity index (χ3n) is 5.95. The fourth-order valence-electron chi connectivity index (χ4n) is 3.90. The number of carbonyl (C=O) groups is 2. The molecular formula is C22H21N3O6. The minimum atomic E-state index is -1.20. The number of nitrogens with zero attached hydrogens (tertiary/aromatic N) is 3. The summed E-state index contributed by atoms with van der Waals surface area (Å²) < 4.78 is 5.25. The zero-order valence-corrected chi connectivity index (χ0v) is 16.7. The molecule has 1 saturated carbocycles. The number of aromatic nitrogens is 1. The molecular weight excluding hydrogens is 402 g/mol. The number of oxazole rings is 1. The average Bonchev–Trinajstić information content (AvgIpc) is 3.39.